The van der Waals surface area contributed by atoms with Crippen LogP contribution in [0.15, 0.2) is 18.2 Å². The minimum Gasteiger partial charge on any atom is -0.325 e. The molecule has 112 valence electrons. The van der Waals surface area contributed by atoms with Gasteiger partial charge in [-0.25, -0.2) is 0 Å². The predicted octanol–water partition coefficient (Wildman–Crippen LogP) is 2.83. The Morgan fingerprint density at radius 2 is 1.90 bits per heavy atom. The van der Waals surface area contributed by atoms with Crippen molar-refractivity contribution in [1.82, 2.24) is 0 Å². The van der Waals surface area contributed by atoms with Crippen molar-refractivity contribution in [2.24, 2.45) is 5.92 Å². The van der Waals surface area contributed by atoms with Crippen LogP contribution in [0, 0.1) is 19.8 Å². The molecule has 0 saturated carbocycles. The van der Waals surface area contributed by atoms with E-state index in [1.807, 2.05) is 39.8 Å². The highest BCUT2D eigenvalue weighted by Crippen LogP contribution is 2.44. The first-order valence-electron chi connectivity index (χ1n) is 6.54. The highest BCUT2D eigenvalue weighted by Gasteiger charge is 2.36. The Balaban J connectivity index is 2.94. The van der Waals surface area contributed by atoms with Gasteiger partial charge >= 0.3 is 7.60 Å². The molecule has 0 aliphatic carbocycles. The molecule has 1 amide bonds. The van der Waals surface area contributed by atoms with E-state index < -0.39 is 19.2 Å². The zero-order valence-corrected chi connectivity index (χ0v) is 13.1. The number of carbonyl (C=O) groups is 1. The molecule has 1 aromatic carbocycles. The summed E-state index contributed by atoms with van der Waals surface area (Å²) >= 11 is 0. The largest absolute Gasteiger partial charge is 0.337 e. The molecule has 5 nitrogen and oxygen atoms in total. The second kappa shape index (κ2) is 6.53. The van der Waals surface area contributed by atoms with Crippen molar-refractivity contribution < 1.29 is 19.1 Å². The molecule has 0 fully saturated rings. The number of rotatable bonds is 5. The van der Waals surface area contributed by atoms with Crippen LogP contribution in [-0.4, -0.2) is 21.4 Å². The Hall–Kier alpha value is -1.16. The minimum absolute atomic E-state index is 0.0255. The fraction of sp³-hybridized carbons (Fsp3) is 0.500. The van der Waals surface area contributed by atoms with Gasteiger partial charge in [0.2, 0.25) is 5.91 Å². The first kappa shape index (κ1) is 16.9. The molecule has 0 heterocycles. The molecule has 0 saturated heterocycles. The molecule has 0 aliphatic heterocycles. The highest BCUT2D eigenvalue weighted by atomic mass is 31.2. The average Bonchev–Trinajstić information content (AvgIpc) is 2.28. The molecule has 1 unspecified atom stereocenters. The van der Waals surface area contributed by atoms with Crippen LogP contribution in [0.5, 0.6) is 0 Å². The van der Waals surface area contributed by atoms with Gasteiger partial charge in [-0.2, -0.15) is 0 Å². The van der Waals surface area contributed by atoms with Gasteiger partial charge in [-0.3, -0.25) is 9.36 Å². The summed E-state index contributed by atoms with van der Waals surface area (Å²) in [6.07, 6.45) is 0.154. The van der Waals surface area contributed by atoms with E-state index in [0.717, 1.165) is 11.1 Å². The van der Waals surface area contributed by atoms with Gasteiger partial charge in [0.25, 0.3) is 0 Å². The first-order chi connectivity index (χ1) is 9.11. The van der Waals surface area contributed by atoms with E-state index in [-0.39, 0.29) is 12.3 Å². The third-order valence-corrected chi connectivity index (χ3v) is 4.30. The Bertz CT molecular complexity index is 536. The van der Waals surface area contributed by atoms with Crippen LogP contribution in [-0.2, 0) is 9.36 Å². The van der Waals surface area contributed by atoms with Gasteiger partial charge in [0.15, 0.2) is 0 Å². The molecule has 0 radical (unpaired) electrons. The lowest BCUT2D eigenvalue weighted by Gasteiger charge is -2.20. The number of hydrogen-bond donors (Lipinski definition) is 3. The SMILES string of the molecule is Cc1ccc(NC(=O)C(CC(C)C)P(=O)(O)O)c(C)c1. The Labute approximate surface area is 119 Å². The third kappa shape index (κ3) is 4.75. The van der Waals surface area contributed by atoms with Crippen LogP contribution in [0.1, 0.15) is 31.4 Å². The van der Waals surface area contributed by atoms with Gasteiger partial charge < -0.3 is 15.1 Å². The molecule has 1 aromatic rings. The standard InChI is InChI=1S/C14H22NO4P/c1-9(2)7-13(20(17,18)19)14(16)15-12-6-5-10(3)8-11(12)4/h5-6,8-9,13H,7H2,1-4H3,(H,15,16)(H2,17,18,19). The number of aryl methyl sites for hydroxylation is 2. The summed E-state index contributed by atoms with van der Waals surface area (Å²) in [7, 11) is -4.46. The van der Waals surface area contributed by atoms with Crippen molar-refractivity contribution in [1.29, 1.82) is 0 Å². The summed E-state index contributed by atoms with van der Waals surface area (Å²) in [6, 6.07) is 5.50. The zero-order chi connectivity index (χ0) is 15.5. The van der Waals surface area contributed by atoms with Crippen LogP contribution in [0.25, 0.3) is 0 Å². The van der Waals surface area contributed by atoms with E-state index in [9.17, 15) is 19.1 Å². The smallest absolute Gasteiger partial charge is 0.325 e. The number of hydrogen-bond acceptors (Lipinski definition) is 2. The number of anilines is 1. The van der Waals surface area contributed by atoms with E-state index in [1.165, 1.54) is 0 Å². The predicted molar refractivity (Wildman–Crippen MR) is 79.8 cm³/mol. The average molecular weight is 299 g/mol. The molecule has 1 atom stereocenters. The molecular formula is C14H22NO4P. The van der Waals surface area contributed by atoms with Gasteiger partial charge in [0, 0.05) is 5.69 Å². The Morgan fingerprint density at radius 1 is 1.30 bits per heavy atom. The summed E-state index contributed by atoms with van der Waals surface area (Å²) in [6.45, 7) is 7.44. The van der Waals surface area contributed by atoms with Crippen molar-refractivity contribution in [3.05, 3.63) is 29.3 Å². The Kier molecular flexibility index (Phi) is 5.51. The van der Waals surface area contributed by atoms with Crippen LogP contribution in [0.2, 0.25) is 0 Å². The Morgan fingerprint density at radius 3 is 2.35 bits per heavy atom. The van der Waals surface area contributed by atoms with Crippen LogP contribution in [0.4, 0.5) is 5.69 Å². The summed E-state index contributed by atoms with van der Waals surface area (Å²) < 4.78 is 11.5. The van der Waals surface area contributed by atoms with Crippen LogP contribution >= 0.6 is 7.60 Å². The van der Waals surface area contributed by atoms with Gasteiger partial charge in [-0.15, -0.1) is 0 Å². The van der Waals surface area contributed by atoms with E-state index in [1.54, 1.807) is 6.07 Å². The summed E-state index contributed by atoms with van der Waals surface area (Å²) in [5, 5.41) is 2.62. The van der Waals surface area contributed by atoms with Crippen molar-refractivity contribution in [2.45, 2.75) is 39.8 Å². The van der Waals surface area contributed by atoms with Gasteiger partial charge in [0.05, 0.1) is 0 Å². The normalized spacial score (nSPS) is 13.3. The molecule has 0 spiro atoms. The second-order valence-corrected chi connectivity index (χ2v) is 7.34. The zero-order valence-electron chi connectivity index (χ0n) is 12.3. The van der Waals surface area contributed by atoms with Crippen LogP contribution in [0.3, 0.4) is 0 Å². The molecule has 0 bridgehead atoms. The maximum atomic E-state index is 12.1. The molecule has 20 heavy (non-hydrogen) atoms. The molecule has 3 N–H and O–H groups in total. The number of amides is 1. The maximum Gasteiger partial charge on any atom is 0.337 e. The van der Waals surface area contributed by atoms with E-state index in [2.05, 4.69) is 5.32 Å². The van der Waals surface area contributed by atoms with Crippen LogP contribution < -0.4 is 5.32 Å². The fourth-order valence-electron chi connectivity index (χ4n) is 2.01. The van der Waals surface area contributed by atoms with E-state index in [4.69, 9.17) is 0 Å². The third-order valence-electron chi connectivity index (χ3n) is 3.04. The van der Waals surface area contributed by atoms with Crippen molar-refractivity contribution >= 4 is 19.2 Å². The van der Waals surface area contributed by atoms with Gasteiger partial charge in [-0.05, 0) is 37.8 Å². The highest BCUT2D eigenvalue weighted by molar-refractivity contribution is 7.53. The van der Waals surface area contributed by atoms with Crippen molar-refractivity contribution in [3.63, 3.8) is 0 Å². The summed E-state index contributed by atoms with van der Waals surface area (Å²) in [5.41, 5.74) is 1.22. The lowest BCUT2D eigenvalue weighted by Crippen LogP contribution is -2.29. The van der Waals surface area contributed by atoms with E-state index >= 15 is 0 Å². The maximum absolute atomic E-state index is 12.1. The fourth-order valence-corrected chi connectivity index (χ4v) is 3.08. The number of nitrogens with one attached hydrogen (secondary N) is 1. The molecule has 0 aliphatic rings. The topological polar surface area (TPSA) is 86.6 Å². The minimum atomic E-state index is -4.46. The van der Waals surface area contributed by atoms with Gasteiger partial charge in [0.1, 0.15) is 5.66 Å². The lowest BCUT2D eigenvalue weighted by atomic mass is 10.1. The van der Waals surface area contributed by atoms with E-state index in [0.29, 0.717) is 5.69 Å². The summed E-state index contributed by atoms with van der Waals surface area (Å²) in [5.74, 6) is -0.600. The van der Waals surface area contributed by atoms with Crippen molar-refractivity contribution in [3.8, 4) is 0 Å². The summed E-state index contributed by atoms with van der Waals surface area (Å²) in [4.78, 5) is 30.8. The molecule has 0 aromatic heterocycles. The molecule has 6 heteroatoms. The second-order valence-electron chi connectivity index (χ2n) is 5.54. The molecule has 1 rings (SSSR count). The first-order valence-corrected chi connectivity index (χ1v) is 8.22. The molecular weight excluding hydrogens is 277 g/mol. The number of carbonyl (C=O) groups excluding carboxylic acids is 1. The van der Waals surface area contributed by atoms with Gasteiger partial charge in [-0.1, -0.05) is 31.5 Å². The lowest BCUT2D eigenvalue weighted by molar-refractivity contribution is -0.116. The van der Waals surface area contributed by atoms with Crippen molar-refractivity contribution in [2.75, 3.05) is 5.32 Å². The monoisotopic (exact) mass is 299 g/mol. The number of benzene rings is 1. The quantitative estimate of drug-likeness (QED) is 0.730.